The minimum absolute atomic E-state index is 0.130. The molecule has 0 atom stereocenters. The van der Waals surface area contributed by atoms with Crippen molar-refractivity contribution in [2.45, 2.75) is 0 Å². The molecule has 0 aliphatic carbocycles. The quantitative estimate of drug-likeness (QED) is 0.183. The van der Waals surface area contributed by atoms with Crippen LogP contribution in [0.15, 0.2) is 96.5 Å². The van der Waals surface area contributed by atoms with Crippen LogP contribution in [0.25, 0.3) is 38.2 Å². The number of para-hydroxylation sites is 1. The first-order valence-electron chi connectivity index (χ1n) is 13.6. The summed E-state index contributed by atoms with van der Waals surface area (Å²) in [6.45, 7) is 0.376. The molecule has 0 spiro atoms. The van der Waals surface area contributed by atoms with Gasteiger partial charge in [0.2, 0.25) is 0 Å². The standard InChI is InChI=1S/C34H29N5O3S/c1-39-27-13-7-6-11-23(27)17-28(39)34(41)38-26-15-14-22(18-29(26)42-2)25-20-43-31-24(19-37-32(35)30(25)31)12-8-16-36-33(40)21-9-4-3-5-10-21/h3-15,17-20H,16H2,1-2H3,(H2,35,37)(H,36,40)(H,38,41). The van der Waals surface area contributed by atoms with Crippen LogP contribution in [0.3, 0.4) is 0 Å². The zero-order valence-electron chi connectivity index (χ0n) is 23.6. The molecule has 6 rings (SSSR count). The number of hydrogen-bond acceptors (Lipinski definition) is 6. The van der Waals surface area contributed by atoms with Crippen LogP contribution in [0.4, 0.5) is 11.5 Å². The monoisotopic (exact) mass is 587 g/mol. The van der Waals surface area contributed by atoms with Crippen molar-refractivity contribution >= 4 is 61.7 Å². The Bertz CT molecular complexity index is 2010. The number of aryl methyl sites for hydroxylation is 1. The third-order valence-corrected chi connectivity index (χ3v) is 8.34. The van der Waals surface area contributed by atoms with Gasteiger partial charge in [0.1, 0.15) is 17.3 Å². The van der Waals surface area contributed by atoms with Gasteiger partial charge in [-0.1, -0.05) is 54.6 Å². The van der Waals surface area contributed by atoms with Crippen LogP contribution >= 0.6 is 11.3 Å². The Kier molecular flexibility index (Phi) is 7.63. The molecule has 43 heavy (non-hydrogen) atoms. The number of rotatable bonds is 8. The Balaban J connectivity index is 1.23. The van der Waals surface area contributed by atoms with Gasteiger partial charge in [-0.15, -0.1) is 11.3 Å². The Morgan fingerprint density at radius 1 is 1.02 bits per heavy atom. The maximum atomic E-state index is 13.2. The molecule has 0 radical (unpaired) electrons. The number of nitrogens with zero attached hydrogens (tertiary/aromatic N) is 2. The molecule has 0 bridgehead atoms. The molecule has 3 heterocycles. The molecule has 3 aromatic heterocycles. The van der Waals surface area contributed by atoms with E-state index in [1.165, 1.54) is 0 Å². The van der Waals surface area contributed by atoms with Crippen molar-refractivity contribution in [3.8, 4) is 16.9 Å². The van der Waals surface area contributed by atoms with Gasteiger partial charge in [0.15, 0.2) is 0 Å². The maximum Gasteiger partial charge on any atom is 0.272 e. The fourth-order valence-electron chi connectivity index (χ4n) is 5.10. The topological polar surface area (TPSA) is 111 Å². The zero-order valence-corrected chi connectivity index (χ0v) is 24.4. The summed E-state index contributed by atoms with van der Waals surface area (Å²) in [6.07, 6.45) is 5.56. The van der Waals surface area contributed by atoms with Crippen molar-refractivity contribution in [2.75, 3.05) is 24.7 Å². The molecule has 8 nitrogen and oxygen atoms in total. The highest BCUT2D eigenvalue weighted by Gasteiger charge is 2.18. The lowest BCUT2D eigenvalue weighted by Gasteiger charge is -2.13. The smallest absolute Gasteiger partial charge is 0.272 e. The Labute approximate surface area is 252 Å². The van der Waals surface area contributed by atoms with Gasteiger partial charge >= 0.3 is 0 Å². The molecule has 0 aliphatic rings. The van der Waals surface area contributed by atoms with E-state index in [0.717, 1.165) is 37.7 Å². The minimum atomic E-state index is -0.226. The lowest BCUT2D eigenvalue weighted by molar-refractivity contribution is 0.0957. The van der Waals surface area contributed by atoms with E-state index in [2.05, 4.69) is 15.6 Å². The Hall–Kier alpha value is -5.41. The first-order valence-corrected chi connectivity index (χ1v) is 14.5. The summed E-state index contributed by atoms with van der Waals surface area (Å²) in [5.74, 6) is 0.596. The number of fused-ring (bicyclic) bond motifs is 2. The van der Waals surface area contributed by atoms with Gasteiger partial charge < -0.3 is 25.7 Å². The number of thiophene rings is 1. The number of benzene rings is 3. The van der Waals surface area contributed by atoms with Crippen molar-refractivity contribution < 1.29 is 14.3 Å². The summed E-state index contributed by atoms with van der Waals surface area (Å²) in [5.41, 5.74) is 11.8. The highest BCUT2D eigenvalue weighted by atomic mass is 32.1. The first kappa shape index (κ1) is 27.7. The van der Waals surface area contributed by atoms with E-state index in [-0.39, 0.29) is 11.8 Å². The van der Waals surface area contributed by atoms with E-state index in [0.29, 0.717) is 35.1 Å². The molecule has 214 valence electrons. The molecule has 4 N–H and O–H groups in total. The number of nitrogens with two attached hydrogens (primary N) is 1. The van der Waals surface area contributed by atoms with Gasteiger partial charge in [0.05, 0.1) is 12.8 Å². The third kappa shape index (κ3) is 5.45. The van der Waals surface area contributed by atoms with Gasteiger partial charge in [-0.3, -0.25) is 9.59 Å². The second-order valence-corrected chi connectivity index (χ2v) is 10.8. The van der Waals surface area contributed by atoms with Gasteiger partial charge in [-0.2, -0.15) is 0 Å². The molecule has 3 aromatic carbocycles. The van der Waals surface area contributed by atoms with E-state index in [1.54, 1.807) is 36.8 Å². The lowest BCUT2D eigenvalue weighted by Crippen LogP contribution is -2.23. The molecule has 9 heteroatoms. The van der Waals surface area contributed by atoms with Crippen LogP contribution in [0, 0.1) is 0 Å². The predicted octanol–water partition coefficient (Wildman–Crippen LogP) is 6.74. The number of hydrogen-bond donors (Lipinski definition) is 3. The van der Waals surface area contributed by atoms with E-state index in [9.17, 15) is 9.59 Å². The number of nitrogen functional groups attached to an aromatic ring is 1. The highest BCUT2D eigenvalue weighted by Crippen LogP contribution is 2.41. The lowest BCUT2D eigenvalue weighted by atomic mass is 10.0. The number of ether oxygens (including phenoxy) is 1. The number of methoxy groups -OCH3 is 1. The molecule has 0 aliphatic heterocycles. The molecule has 0 saturated carbocycles. The fraction of sp³-hybridized carbons (Fsp3) is 0.0882. The van der Waals surface area contributed by atoms with E-state index in [1.807, 2.05) is 95.9 Å². The number of carbonyl (C=O) groups excluding carboxylic acids is 2. The predicted molar refractivity (Wildman–Crippen MR) is 175 cm³/mol. The van der Waals surface area contributed by atoms with Crippen LogP contribution in [-0.4, -0.2) is 35.0 Å². The average molecular weight is 588 g/mol. The second-order valence-electron chi connectivity index (χ2n) is 9.95. The Morgan fingerprint density at radius 2 is 1.81 bits per heavy atom. The second kappa shape index (κ2) is 11.8. The van der Waals surface area contributed by atoms with Gasteiger partial charge in [-0.25, -0.2) is 4.98 Å². The SMILES string of the molecule is COc1cc(-c2csc3c(C=CCNC(=O)c4ccccc4)cnc(N)c23)ccc1NC(=O)c1cc2ccccc2n1C. The maximum absolute atomic E-state index is 13.2. The van der Waals surface area contributed by atoms with Gasteiger partial charge in [0.25, 0.3) is 11.8 Å². The highest BCUT2D eigenvalue weighted by molar-refractivity contribution is 7.18. The molecule has 0 saturated heterocycles. The normalized spacial score (nSPS) is 11.3. The number of nitrogens with one attached hydrogen (secondary N) is 2. The summed E-state index contributed by atoms with van der Waals surface area (Å²) < 4.78 is 8.55. The number of anilines is 2. The van der Waals surface area contributed by atoms with Crippen molar-refractivity contribution in [1.29, 1.82) is 0 Å². The Morgan fingerprint density at radius 3 is 2.60 bits per heavy atom. The summed E-state index contributed by atoms with van der Waals surface area (Å²) in [6, 6.07) is 24.5. The van der Waals surface area contributed by atoms with E-state index >= 15 is 0 Å². The summed E-state index contributed by atoms with van der Waals surface area (Å²) in [4.78, 5) is 30.0. The molecule has 0 fully saturated rings. The third-order valence-electron chi connectivity index (χ3n) is 7.31. The van der Waals surface area contributed by atoms with Crippen molar-refractivity contribution in [3.05, 3.63) is 113 Å². The number of aromatic nitrogens is 2. The van der Waals surface area contributed by atoms with Crippen LogP contribution < -0.4 is 21.1 Å². The van der Waals surface area contributed by atoms with Crippen molar-refractivity contribution in [1.82, 2.24) is 14.9 Å². The minimum Gasteiger partial charge on any atom is -0.495 e. The van der Waals surface area contributed by atoms with E-state index in [4.69, 9.17) is 10.5 Å². The molecule has 6 aromatic rings. The van der Waals surface area contributed by atoms with Crippen molar-refractivity contribution in [3.63, 3.8) is 0 Å². The number of pyridine rings is 1. The molecular weight excluding hydrogens is 558 g/mol. The van der Waals surface area contributed by atoms with Crippen LogP contribution in [-0.2, 0) is 7.05 Å². The van der Waals surface area contributed by atoms with Crippen LogP contribution in [0.1, 0.15) is 26.4 Å². The van der Waals surface area contributed by atoms with Gasteiger partial charge in [0, 0.05) is 57.5 Å². The average Bonchev–Trinajstić information content (AvgIpc) is 3.63. The van der Waals surface area contributed by atoms with Crippen LogP contribution in [0.2, 0.25) is 0 Å². The largest absolute Gasteiger partial charge is 0.495 e. The van der Waals surface area contributed by atoms with Gasteiger partial charge in [-0.05, 0) is 47.3 Å². The van der Waals surface area contributed by atoms with E-state index < -0.39 is 0 Å². The summed E-state index contributed by atoms with van der Waals surface area (Å²) >= 11 is 1.57. The summed E-state index contributed by atoms with van der Waals surface area (Å²) in [7, 11) is 3.45. The first-order chi connectivity index (χ1) is 20.9. The zero-order chi connectivity index (χ0) is 29.9. The fourth-order valence-corrected chi connectivity index (χ4v) is 6.18. The number of carbonyl (C=O) groups is 2. The molecular formula is C34H29N5O3S. The molecule has 2 amide bonds. The van der Waals surface area contributed by atoms with Crippen LogP contribution in [0.5, 0.6) is 5.75 Å². The summed E-state index contributed by atoms with van der Waals surface area (Å²) in [5, 5.41) is 9.78. The van der Waals surface area contributed by atoms with Crippen molar-refractivity contribution in [2.24, 2.45) is 7.05 Å². The number of amides is 2. The molecule has 0 unspecified atom stereocenters.